The van der Waals surface area contributed by atoms with Gasteiger partial charge >= 0.3 is 0 Å². The smallest absolute Gasteiger partial charge is 0.234 e. The molecular formula is C23H28FN7S. The van der Waals surface area contributed by atoms with Crippen molar-refractivity contribution in [2.45, 2.75) is 26.2 Å². The van der Waals surface area contributed by atoms with E-state index < -0.39 is 0 Å². The third-order valence-corrected chi connectivity index (χ3v) is 6.44. The van der Waals surface area contributed by atoms with Crippen LogP contribution in [0, 0.1) is 5.82 Å². The maximum absolute atomic E-state index is 13.5. The highest BCUT2D eigenvalue weighted by Crippen LogP contribution is 2.27. The van der Waals surface area contributed by atoms with Crippen molar-refractivity contribution >= 4 is 40.5 Å². The van der Waals surface area contributed by atoms with E-state index in [9.17, 15) is 4.39 Å². The average Bonchev–Trinajstić information content (AvgIpc) is 3.12. The molecule has 2 aromatic heterocycles. The van der Waals surface area contributed by atoms with Crippen LogP contribution >= 0.6 is 11.3 Å². The lowest BCUT2D eigenvalue weighted by Crippen LogP contribution is -2.30. The second-order valence-corrected chi connectivity index (χ2v) is 9.26. The van der Waals surface area contributed by atoms with Crippen molar-refractivity contribution in [1.82, 2.24) is 24.8 Å². The molecule has 0 unspecified atom stereocenters. The molecule has 3 aromatic rings. The Morgan fingerprint density at radius 3 is 2.75 bits per heavy atom. The standard InChI is InChI=1S/C23H28FN7S/c1-16(2)19-15-25-23(32-19)29-21-26-20(9-8-17-6-4-7-18(24)14-17)27-22(28-21)31-11-5-10-30(3)12-13-31/h4,6-9,14-16H,5,10-13H2,1-3H3,(H,25,26,27,28,29). The average molecular weight is 454 g/mol. The van der Waals surface area contributed by atoms with E-state index >= 15 is 0 Å². The number of thiazole rings is 1. The monoisotopic (exact) mass is 453 g/mol. The molecule has 32 heavy (non-hydrogen) atoms. The number of benzene rings is 1. The van der Waals surface area contributed by atoms with Gasteiger partial charge in [0.05, 0.1) is 0 Å². The first-order chi connectivity index (χ1) is 15.5. The molecule has 9 heteroatoms. The molecule has 1 aliphatic heterocycles. The van der Waals surface area contributed by atoms with Gasteiger partial charge in [0.15, 0.2) is 11.0 Å². The topological polar surface area (TPSA) is 70.1 Å². The normalized spacial score (nSPS) is 15.5. The highest BCUT2D eigenvalue weighted by atomic mass is 32.1. The number of likely N-dealkylation sites (N-methyl/N-ethyl adjacent to an activating group) is 1. The molecule has 4 rings (SSSR count). The van der Waals surface area contributed by atoms with Gasteiger partial charge in [0.1, 0.15) is 5.82 Å². The summed E-state index contributed by atoms with van der Waals surface area (Å²) in [5.74, 6) is 1.74. The van der Waals surface area contributed by atoms with Gasteiger partial charge < -0.3 is 9.80 Å². The number of aromatic nitrogens is 4. The highest BCUT2D eigenvalue weighted by molar-refractivity contribution is 7.15. The molecule has 1 N–H and O–H groups in total. The molecule has 0 saturated carbocycles. The van der Waals surface area contributed by atoms with Crippen LogP contribution in [0.3, 0.4) is 0 Å². The van der Waals surface area contributed by atoms with Crippen LogP contribution in [-0.4, -0.2) is 58.1 Å². The first kappa shape index (κ1) is 22.3. The highest BCUT2D eigenvalue weighted by Gasteiger charge is 2.17. The molecule has 1 fully saturated rings. The first-order valence-corrected chi connectivity index (χ1v) is 11.6. The van der Waals surface area contributed by atoms with Crippen molar-refractivity contribution in [3.63, 3.8) is 0 Å². The van der Waals surface area contributed by atoms with Gasteiger partial charge in [-0.25, -0.2) is 9.37 Å². The summed E-state index contributed by atoms with van der Waals surface area (Å²) in [4.78, 5) is 24.1. The summed E-state index contributed by atoms with van der Waals surface area (Å²) in [6.45, 7) is 8.02. The molecule has 0 aliphatic carbocycles. The van der Waals surface area contributed by atoms with Crippen LogP contribution in [0.4, 0.5) is 21.4 Å². The summed E-state index contributed by atoms with van der Waals surface area (Å²) in [7, 11) is 2.13. The van der Waals surface area contributed by atoms with Gasteiger partial charge in [-0.2, -0.15) is 15.0 Å². The fourth-order valence-corrected chi connectivity index (χ4v) is 4.20. The molecule has 0 amide bonds. The first-order valence-electron chi connectivity index (χ1n) is 10.8. The van der Waals surface area contributed by atoms with E-state index in [0.29, 0.717) is 23.6 Å². The Balaban J connectivity index is 1.63. The largest absolute Gasteiger partial charge is 0.339 e. The second kappa shape index (κ2) is 10.1. The summed E-state index contributed by atoms with van der Waals surface area (Å²) in [5.41, 5.74) is 0.749. The van der Waals surface area contributed by atoms with Gasteiger partial charge in [0.2, 0.25) is 11.9 Å². The van der Waals surface area contributed by atoms with E-state index in [1.165, 1.54) is 17.0 Å². The molecule has 3 heterocycles. The Kier molecular flexibility index (Phi) is 7.06. The van der Waals surface area contributed by atoms with Crippen molar-refractivity contribution in [2.75, 3.05) is 43.4 Å². The van der Waals surface area contributed by atoms with E-state index in [-0.39, 0.29) is 5.82 Å². The molecule has 0 spiro atoms. The van der Waals surface area contributed by atoms with Crippen molar-refractivity contribution in [1.29, 1.82) is 0 Å². The fraction of sp³-hybridized carbons (Fsp3) is 0.391. The van der Waals surface area contributed by atoms with Crippen LogP contribution in [-0.2, 0) is 0 Å². The van der Waals surface area contributed by atoms with Crippen LogP contribution in [0.25, 0.3) is 12.2 Å². The minimum absolute atomic E-state index is 0.274. The number of rotatable bonds is 6. The summed E-state index contributed by atoms with van der Waals surface area (Å²) >= 11 is 1.60. The zero-order valence-electron chi connectivity index (χ0n) is 18.6. The van der Waals surface area contributed by atoms with E-state index in [1.54, 1.807) is 23.5 Å². The summed E-state index contributed by atoms with van der Waals surface area (Å²) in [5, 5.41) is 4.00. The van der Waals surface area contributed by atoms with Crippen molar-refractivity contribution in [3.8, 4) is 0 Å². The Morgan fingerprint density at radius 1 is 1.09 bits per heavy atom. The lowest BCUT2D eigenvalue weighted by Gasteiger charge is -2.21. The van der Waals surface area contributed by atoms with Crippen LogP contribution < -0.4 is 10.2 Å². The van der Waals surface area contributed by atoms with Gasteiger partial charge in [0.25, 0.3) is 0 Å². The molecule has 1 aliphatic rings. The predicted octanol–water partition coefficient (Wildman–Crippen LogP) is 4.65. The van der Waals surface area contributed by atoms with Gasteiger partial charge in [-0.05, 0) is 49.7 Å². The fourth-order valence-electron chi connectivity index (χ4n) is 3.39. The van der Waals surface area contributed by atoms with Gasteiger partial charge in [0, 0.05) is 30.7 Å². The lowest BCUT2D eigenvalue weighted by atomic mass is 10.2. The van der Waals surface area contributed by atoms with Gasteiger partial charge in [-0.1, -0.05) is 32.1 Å². The SMILES string of the molecule is CC(C)c1cnc(Nc2nc(C=Cc3cccc(F)c3)nc(N3CCCN(C)CC3)n2)s1. The van der Waals surface area contributed by atoms with Gasteiger partial charge in [-0.15, -0.1) is 11.3 Å². The van der Waals surface area contributed by atoms with Crippen LogP contribution in [0.2, 0.25) is 0 Å². The Morgan fingerprint density at radius 2 is 1.97 bits per heavy atom. The maximum Gasteiger partial charge on any atom is 0.234 e. The molecule has 168 valence electrons. The van der Waals surface area contributed by atoms with Gasteiger partial charge in [-0.3, -0.25) is 5.32 Å². The molecule has 0 atom stereocenters. The van der Waals surface area contributed by atoms with E-state index in [0.717, 1.165) is 43.3 Å². The minimum Gasteiger partial charge on any atom is -0.339 e. The summed E-state index contributed by atoms with van der Waals surface area (Å²) < 4.78 is 13.5. The zero-order chi connectivity index (χ0) is 22.5. The second-order valence-electron chi connectivity index (χ2n) is 8.20. The number of hydrogen-bond acceptors (Lipinski definition) is 8. The molecular weight excluding hydrogens is 425 g/mol. The van der Waals surface area contributed by atoms with Crippen molar-refractivity contribution in [2.24, 2.45) is 0 Å². The summed E-state index contributed by atoms with van der Waals surface area (Å²) in [6, 6.07) is 6.43. The molecule has 1 saturated heterocycles. The maximum atomic E-state index is 13.5. The van der Waals surface area contributed by atoms with E-state index in [2.05, 4.69) is 55.9 Å². The molecule has 0 bridgehead atoms. The lowest BCUT2D eigenvalue weighted by molar-refractivity contribution is 0.360. The number of hydrogen-bond donors (Lipinski definition) is 1. The zero-order valence-corrected chi connectivity index (χ0v) is 19.4. The molecule has 7 nitrogen and oxygen atoms in total. The molecule has 1 aromatic carbocycles. The number of anilines is 3. The number of nitrogens with one attached hydrogen (secondary N) is 1. The summed E-state index contributed by atoms with van der Waals surface area (Å²) in [6.07, 6.45) is 6.53. The van der Waals surface area contributed by atoms with Crippen LogP contribution in [0.5, 0.6) is 0 Å². The van der Waals surface area contributed by atoms with Crippen molar-refractivity contribution < 1.29 is 4.39 Å². The third kappa shape index (κ3) is 5.86. The molecule has 0 radical (unpaired) electrons. The Labute approximate surface area is 192 Å². The van der Waals surface area contributed by atoms with Crippen LogP contribution in [0.15, 0.2) is 30.5 Å². The van der Waals surface area contributed by atoms with E-state index in [4.69, 9.17) is 0 Å². The quantitative estimate of drug-likeness (QED) is 0.583. The third-order valence-electron chi connectivity index (χ3n) is 5.23. The number of nitrogens with zero attached hydrogens (tertiary/aromatic N) is 6. The Hall–Kier alpha value is -2.91. The van der Waals surface area contributed by atoms with E-state index in [1.807, 2.05) is 18.3 Å². The van der Waals surface area contributed by atoms with Crippen LogP contribution in [0.1, 0.15) is 42.5 Å². The minimum atomic E-state index is -0.274. The van der Waals surface area contributed by atoms with Crippen molar-refractivity contribution in [3.05, 3.63) is 52.5 Å². The predicted molar refractivity (Wildman–Crippen MR) is 129 cm³/mol. The number of halogens is 1. The Bertz CT molecular complexity index is 1080.